The first-order valence-corrected chi connectivity index (χ1v) is 13.9. The largest absolute Gasteiger partial charge is 0.508 e. The van der Waals surface area contributed by atoms with Crippen molar-refractivity contribution in [3.8, 4) is 51.6 Å². The fourth-order valence-corrected chi connectivity index (χ4v) is 4.84. The Hall–Kier alpha value is -5.48. The number of carbonyl (C=O) groups excluding carboxylic acids is 1. The van der Waals surface area contributed by atoms with Gasteiger partial charge < -0.3 is 63.8 Å². The zero-order valence-electron chi connectivity index (χ0n) is 24.8. The first kappa shape index (κ1) is 32.9. The van der Waals surface area contributed by atoms with Gasteiger partial charge in [-0.3, -0.25) is 4.79 Å². The minimum Gasteiger partial charge on any atom is -0.508 e. The first-order valence-electron chi connectivity index (χ1n) is 13.9. The molecule has 1 saturated heterocycles. The number of ether oxygens (including phenoxy) is 5. The first-order chi connectivity index (χ1) is 22.4. The second-order valence-electron chi connectivity index (χ2n) is 10.3. The number of esters is 1. The Morgan fingerprint density at radius 2 is 1.57 bits per heavy atom. The third kappa shape index (κ3) is 6.59. The van der Waals surface area contributed by atoms with Gasteiger partial charge in [-0.1, -0.05) is 12.1 Å². The SMILES string of the molecule is COc1cc(-c2oc3c(OC)c(O)cc(O)c3c(=O)c2O[C@@H]2O[C@H](COC(=O)C=Cc3ccc(O)cc3)[C@@H](O)[C@H](O)[C@H]2O)ccc1O. The number of phenolic OH excluding ortho intramolecular Hbond substituents is 4. The summed E-state index contributed by atoms with van der Waals surface area (Å²) in [6, 6.07) is 10.6. The summed E-state index contributed by atoms with van der Waals surface area (Å²) in [5.74, 6) is -3.68. The van der Waals surface area contributed by atoms with Crippen molar-refractivity contribution in [1.82, 2.24) is 0 Å². The van der Waals surface area contributed by atoms with Crippen LogP contribution < -0.4 is 19.6 Å². The molecule has 1 aromatic heterocycles. The number of aromatic hydroxyl groups is 4. The maximum atomic E-state index is 13.9. The number of benzene rings is 3. The third-order valence-corrected chi connectivity index (χ3v) is 7.28. The molecule has 1 aliphatic rings. The second kappa shape index (κ2) is 13.5. The molecular formula is C32H30O15. The second-order valence-corrected chi connectivity index (χ2v) is 10.3. The van der Waals surface area contributed by atoms with Crippen LogP contribution in [0.2, 0.25) is 0 Å². The van der Waals surface area contributed by atoms with Crippen LogP contribution in [0.1, 0.15) is 5.56 Å². The standard InChI is InChI=1S/C32H30O15/c1-42-20-11-15(6-9-17(20)34)28-31(25(39)23-18(35)12-19(36)29(43-2)30(23)46-28)47-32-27(41)26(40)24(38)21(45-32)13-44-22(37)10-5-14-3-7-16(33)8-4-14/h3-12,21,24,26-27,32-36,38,40-41H,13H2,1-2H3/t21-,24-,26+,27-,32+/m1/s1. The minimum absolute atomic E-state index is 0.0317. The number of fused-ring (bicyclic) bond motifs is 1. The molecule has 4 aromatic rings. The van der Waals surface area contributed by atoms with Gasteiger partial charge in [0.1, 0.15) is 47.9 Å². The van der Waals surface area contributed by atoms with Gasteiger partial charge in [-0.2, -0.15) is 0 Å². The minimum atomic E-state index is -1.95. The fraction of sp³-hybridized carbons (Fsp3) is 0.250. The Bertz CT molecular complexity index is 1860. The summed E-state index contributed by atoms with van der Waals surface area (Å²) >= 11 is 0. The van der Waals surface area contributed by atoms with Crippen molar-refractivity contribution in [3.63, 3.8) is 0 Å². The summed E-state index contributed by atoms with van der Waals surface area (Å²) in [7, 11) is 2.47. The molecule has 7 N–H and O–H groups in total. The maximum Gasteiger partial charge on any atom is 0.330 e. The van der Waals surface area contributed by atoms with Crippen molar-refractivity contribution in [2.24, 2.45) is 0 Å². The molecule has 248 valence electrons. The van der Waals surface area contributed by atoms with Crippen LogP contribution in [0.25, 0.3) is 28.4 Å². The normalized spacial score (nSPS) is 21.1. The lowest BCUT2D eigenvalue weighted by Gasteiger charge is -2.39. The van der Waals surface area contributed by atoms with E-state index < -0.39 is 71.3 Å². The molecule has 0 spiro atoms. The van der Waals surface area contributed by atoms with Gasteiger partial charge in [0.25, 0.3) is 0 Å². The van der Waals surface area contributed by atoms with Crippen LogP contribution >= 0.6 is 0 Å². The summed E-state index contributed by atoms with van der Waals surface area (Å²) in [6.07, 6.45) is -6.45. The van der Waals surface area contributed by atoms with Gasteiger partial charge in [0.15, 0.2) is 28.6 Å². The van der Waals surface area contributed by atoms with Crippen molar-refractivity contribution in [2.45, 2.75) is 30.7 Å². The summed E-state index contributed by atoms with van der Waals surface area (Å²) in [6.45, 7) is -0.616. The topological polar surface area (TPSA) is 235 Å². The lowest BCUT2D eigenvalue weighted by molar-refractivity contribution is -0.278. The Balaban J connectivity index is 1.49. The Morgan fingerprint density at radius 3 is 2.26 bits per heavy atom. The van der Waals surface area contributed by atoms with Gasteiger partial charge in [-0.15, -0.1) is 0 Å². The highest BCUT2D eigenvalue weighted by Gasteiger charge is 2.46. The van der Waals surface area contributed by atoms with E-state index in [1.807, 2.05) is 0 Å². The number of hydrogen-bond donors (Lipinski definition) is 7. The van der Waals surface area contributed by atoms with E-state index >= 15 is 0 Å². The van der Waals surface area contributed by atoms with Gasteiger partial charge in [0, 0.05) is 17.7 Å². The van der Waals surface area contributed by atoms with E-state index in [1.165, 1.54) is 50.6 Å². The predicted molar refractivity (Wildman–Crippen MR) is 161 cm³/mol. The van der Waals surface area contributed by atoms with E-state index in [9.17, 15) is 45.3 Å². The highest BCUT2D eigenvalue weighted by molar-refractivity contribution is 5.93. The summed E-state index contributed by atoms with van der Waals surface area (Å²) in [5.41, 5.74) is -0.746. The predicted octanol–water partition coefficient (Wildman–Crippen LogP) is 1.74. The molecule has 1 fully saturated rings. The number of carbonyl (C=O) groups is 1. The van der Waals surface area contributed by atoms with Crippen LogP contribution in [0.15, 0.2) is 63.8 Å². The molecule has 0 aliphatic carbocycles. The van der Waals surface area contributed by atoms with E-state index in [-0.39, 0.29) is 39.9 Å². The molecule has 1 aliphatic heterocycles. The highest BCUT2D eigenvalue weighted by Crippen LogP contribution is 2.44. The molecule has 3 aromatic carbocycles. The number of hydrogen-bond acceptors (Lipinski definition) is 15. The molecule has 0 radical (unpaired) electrons. The number of aliphatic hydroxyl groups excluding tert-OH is 3. The molecule has 15 nitrogen and oxygen atoms in total. The van der Waals surface area contributed by atoms with Gasteiger partial charge in [-0.05, 0) is 42.0 Å². The molecule has 5 atom stereocenters. The van der Waals surface area contributed by atoms with Gasteiger partial charge in [-0.25, -0.2) is 4.79 Å². The number of aliphatic hydroxyl groups is 3. The summed E-state index contributed by atoms with van der Waals surface area (Å²) in [5, 5.41) is 71.8. The van der Waals surface area contributed by atoms with Crippen molar-refractivity contribution >= 4 is 23.0 Å². The molecule has 2 heterocycles. The molecule has 47 heavy (non-hydrogen) atoms. The highest BCUT2D eigenvalue weighted by atomic mass is 16.7. The fourth-order valence-electron chi connectivity index (χ4n) is 4.84. The molecule has 0 unspecified atom stereocenters. The monoisotopic (exact) mass is 654 g/mol. The van der Waals surface area contributed by atoms with Crippen LogP contribution in [0.4, 0.5) is 0 Å². The van der Waals surface area contributed by atoms with E-state index in [2.05, 4.69) is 0 Å². The third-order valence-electron chi connectivity index (χ3n) is 7.28. The smallest absolute Gasteiger partial charge is 0.330 e. The molecule has 15 heteroatoms. The van der Waals surface area contributed by atoms with Crippen LogP contribution in [-0.2, 0) is 14.3 Å². The van der Waals surface area contributed by atoms with Crippen molar-refractivity contribution in [1.29, 1.82) is 0 Å². The lowest BCUT2D eigenvalue weighted by atomic mass is 9.99. The van der Waals surface area contributed by atoms with E-state index in [0.29, 0.717) is 5.56 Å². The van der Waals surface area contributed by atoms with Crippen LogP contribution in [0, 0.1) is 0 Å². The number of methoxy groups -OCH3 is 2. The quantitative estimate of drug-likeness (QED) is 0.101. The van der Waals surface area contributed by atoms with Gasteiger partial charge >= 0.3 is 5.97 Å². The van der Waals surface area contributed by atoms with Crippen LogP contribution in [0.3, 0.4) is 0 Å². The van der Waals surface area contributed by atoms with Gasteiger partial charge in [0.05, 0.1) is 14.2 Å². The van der Waals surface area contributed by atoms with Gasteiger partial charge in [0.2, 0.25) is 23.2 Å². The van der Waals surface area contributed by atoms with Crippen LogP contribution in [-0.4, -0.2) is 93.2 Å². The molecular weight excluding hydrogens is 624 g/mol. The summed E-state index contributed by atoms with van der Waals surface area (Å²) < 4.78 is 32.8. The van der Waals surface area contributed by atoms with E-state index in [1.54, 1.807) is 12.1 Å². The van der Waals surface area contributed by atoms with Crippen molar-refractivity contribution < 1.29 is 68.6 Å². The average molecular weight is 655 g/mol. The van der Waals surface area contributed by atoms with Crippen molar-refractivity contribution in [2.75, 3.05) is 20.8 Å². The van der Waals surface area contributed by atoms with E-state index in [0.717, 1.165) is 12.1 Å². The zero-order chi connectivity index (χ0) is 34.0. The van der Waals surface area contributed by atoms with E-state index in [4.69, 9.17) is 28.1 Å². The van der Waals surface area contributed by atoms with Crippen LogP contribution in [0.5, 0.6) is 40.2 Å². The number of rotatable bonds is 9. The molecule has 0 saturated carbocycles. The molecule has 5 rings (SSSR count). The zero-order valence-corrected chi connectivity index (χ0v) is 24.8. The Kier molecular flexibility index (Phi) is 9.44. The number of phenols is 4. The molecule has 0 amide bonds. The lowest BCUT2D eigenvalue weighted by Crippen LogP contribution is -2.60. The van der Waals surface area contributed by atoms with Crippen molar-refractivity contribution in [3.05, 3.63) is 70.4 Å². The average Bonchev–Trinajstić information content (AvgIpc) is 3.05. The Labute approximate surface area is 265 Å². The Morgan fingerprint density at radius 1 is 0.851 bits per heavy atom. The summed E-state index contributed by atoms with van der Waals surface area (Å²) in [4.78, 5) is 26.2. The molecule has 0 bridgehead atoms. The maximum absolute atomic E-state index is 13.9.